The minimum atomic E-state index is 0.133. The first-order valence-electron chi connectivity index (χ1n) is 9.47. The van der Waals surface area contributed by atoms with Crippen molar-refractivity contribution in [2.45, 2.75) is 78.6 Å². The second-order valence-electron chi connectivity index (χ2n) is 9.25. The Morgan fingerprint density at radius 1 is 0.840 bits per heavy atom. The molecule has 0 spiro atoms. The minimum Gasteiger partial charge on any atom is -0.508 e. The molecular formula is C24H34O. The molecule has 2 aromatic rings. The summed E-state index contributed by atoms with van der Waals surface area (Å²) in [5.74, 6) is 0.330. The third-order valence-electron chi connectivity index (χ3n) is 4.85. The van der Waals surface area contributed by atoms with Crippen LogP contribution in [0.5, 0.6) is 5.75 Å². The number of hydrogen-bond donors (Lipinski definition) is 1. The molecule has 0 aliphatic rings. The fourth-order valence-corrected chi connectivity index (χ4v) is 3.37. The lowest BCUT2D eigenvalue weighted by Gasteiger charge is -2.30. The van der Waals surface area contributed by atoms with Crippen LogP contribution in [0.2, 0.25) is 0 Å². The fourth-order valence-electron chi connectivity index (χ4n) is 3.37. The maximum absolute atomic E-state index is 9.56. The number of hydrogen-bond acceptors (Lipinski definition) is 1. The predicted molar refractivity (Wildman–Crippen MR) is 109 cm³/mol. The molecule has 0 saturated heterocycles. The van der Waals surface area contributed by atoms with Crippen molar-refractivity contribution in [2.24, 2.45) is 0 Å². The highest BCUT2D eigenvalue weighted by Gasteiger charge is 2.24. The summed E-state index contributed by atoms with van der Waals surface area (Å²) in [6, 6.07) is 12.5. The Morgan fingerprint density at radius 2 is 1.44 bits per heavy atom. The molecule has 1 N–H and O–H groups in total. The van der Waals surface area contributed by atoms with Gasteiger partial charge in [0.2, 0.25) is 0 Å². The van der Waals surface area contributed by atoms with E-state index in [-0.39, 0.29) is 10.8 Å². The molecule has 0 aliphatic carbocycles. The van der Waals surface area contributed by atoms with Crippen LogP contribution in [0.3, 0.4) is 0 Å². The van der Waals surface area contributed by atoms with E-state index in [0.29, 0.717) is 5.75 Å². The van der Waals surface area contributed by atoms with Gasteiger partial charge in [-0.15, -0.1) is 0 Å². The minimum absolute atomic E-state index is 0.133. The lowest BCUT2D eigenvalue weighted by molar-refractivity contribution is 0.475. The van der Waals surface area contributed by atoms with Gasteiger partial charge in [0.25, 0.3) is 0 Å². The molecule has 0 aromatic heterocycles. The predicted octanol–water partition coefficient (Wildman–Crippen LogP) is 6.53. The lowest BCUT2D eigenvalue weighted by atomic mass is 9.75. The van der Waals surface area contributed by atoms with Crippen LogP contribution in [0.4, 0.5) is 0 Å². The smallest absolute Gasteiger partial charge is 0.115 e. The molecule has 0 atom stereocenters. The Balaban J connectivity index is 2.63. The van der Waals surface area contributed by atoms with Crippen LogP contribution in [0.1, 0.15) is 82.7 Å². The van der Waals surface area contributed by atoms with Gasteiger partial charge < -0.3 is 5.11 Å². The van der Waals surface area contributed by atoms with Crippen LogP contribution in [0.25, 0.3) is 0 Å². The first-order valence-corrected chi connectivity index (χ1v) is 9.47. The van der Waals surface area contributed by atoms with Crippen LogP contribution in [-0.4, -0.2) is 5.11 Å². The zero-order chi connectivity index (χ0) is 18.8. The molecule has 25 heavy (non-hydrogen) atoms. The van der Waals surface area contributed by atoms with Crippen LogP contribution in [0, 0.1) is 0 Å². The van der Waals surface area contributed by atoms with Gasteiger partial charge in [0.05, 0.1) is 0 Å². The van der Waals surface area contributed by atoms with E-state index in [0.717, 1.165) is 19.3 Å². The molecule has 0 amide bonds. The third-order valence-corrected chi connectivity index (χ3v) is 4.85. The average molecular weight is 339 g/mol. The van der Waals surface area contributed by atoms with Crippen molar-refractivity contribution in [3.05, 3.63) is 64.2 Å². The van der Waals surface area contributed by atoms with Crippen molar-refractivity contribution in [3.8, 4) is 5.75 Å². The highest BCUT2D eigenvalue weighted by Crippen LogP contribution is 2.35. The van der Waals surface area contributed by atoms with E-state index >= 15 is 0 Å². The number of rotatable bonds is 4. The topological polar surface area (TPSA) is 20.2 Å². The van der Waals surface area contributed by atoms with Gasteiger partial charge in [0.1, 0.15) is 5.75 Å². The quantitative estimate of drug-likeness (QED) is 0.672. The number of phenolic OH excluding ortho intramolecular Hbond substituents is 1. The van der Waals surface area contributed by atoms with Gasteiger partial charge in [-0.3, -0.25) is 0 Å². The molecule has 1 heteroatoms. The first kappa shape index (κ1) is 19.6. The summed E-state index contributed by atoms with van der Waals surface area (Å²) >= 11 is 0. The summed E-state index contributed by atoms with van der Waals surface area (Å²) in [4.78, 5) is 0. The summed E-state index contributed by atoms with van der Waals surface area (Å²) in [5.41, 5.74) is 7.35. The van der Waals surface area contributed by atoms with Crippen molar-refractivity contribution in [2.75, 3.05) is 0 Å². The number of benzene rings is 2. The summed E-state index contributed by atoms with van der Waals surface area (Å²) in [6.45, 7) is 16.1. The van der Waals surface area contributed by atoms with Crippen LogP contribution < -0.4 is 0 Å². The fraction of sp³-hybridized carbons (Fsp3) is 0.500. The molecule has 0 bridgehead atoms. The van der Waals surface area contributed by atoms with Crippen molar-refractivity contribution in [1.82, 2.24) is 0 Å². The van der Waals surface area contributed by atoms with Gasteiger partial charge in [-0.25, -0.2) is 0 Å². The average Bonchev–Trinajstić information content (AvgIpc) is 2.49. The molecule has 0 radical (unpaired) electrons. The normalized spacial score (nSPS) is 12.4. The molecular weight excluding hydrogens is 304 g/mol. The van der Waals surface area contributed by atoms with Crippen molar-refractivity contribution >= 4 is 0 Å². The second-order valence-corrected chi connectivity index (χ2v) is 9.25. The maximum atomic E-state index is 9.56. The summed E-state index contributed by atoms with van der Waals surface area (Å²) in [7, 11) is 0. The first-order chi connectivity index (χ1) is 11.5. The Hall–Kier alpha value is -1.76. The van der Waals surface area contributed by atoms with E-state index in [2.05, 4.69) is 60.6 Å². The molecule has 0 fully saturated rings. The van der Waals surface area contributed by atoms with E-state index in [1.54, 1.807) is 12.1 Å². The molecule has 2 rings (SSSR count). The molecule has 0 aliphatic heterocycles. The second kappa shape index (κ2) is 7.23. The van der Waals surface area contributed by atoms with Crippen molar-refractivity contribution < 1.29 is 5.11 Å². The summed E-state index contributed by atoms with van der Waals surface area (Å²) < 4.78 is 0. The lowest BCUT2D eigenvalue weighted by Crippen LogP contribution is -2.20. The summed E-state index contributed by atoms with van der Waals surface area (Å²) in [5, 5.41) is 9.56. The van der Waals surface area contributed by atoms with E-state index in [9.17, 15) is 5.11 Å². The van der Waals surface area contributed by atoms with Crippen molar-refractivity contribution in [3.63, 3.8) is 0 Å². The van der Waals surface area contributed by atoms with Crippen molar-refractivity contribution in [1.29, 1.82) is 0 Å². The van der Waals surface area contributed by atoms with E-state index in [4.69, 9.17) is 0 Å². The highest BCUT2D eigenvalue weighted by molar-refractivity contribution is 5.47. The highest BCUT2D eigenvalue weighted by atomic mass is 16.3. The zero-order valence-corrected chi connectivity index (χ0v) is 17.0. The summed E-state index contributed by atoms with van der Waals surface area (Å²) in [6.07, 6.45) is 3.19. The van der Waals surface area contributed by atoms with Gasteiger partial charge >= 0.3 is 0 Å². The number of aromatic hydroxyl groups is 1. The third kappa shape index (κ3) is 4.87. The Kier molecular flexibility index (Phi) is 5.66. The molecule has 136 valence electrons. The van der Waals surface area contributed by atoms with Gasteiger partial charge in [-0.2, -0.15) is 0 Å². The molecule has 0 saturated carbocycles. The van der Waals surface area contributed by atoms with Crippen LogP contribution in [0.15, 0.2) is 36.4 Å². The zero-order valence-electron chi connectivity index (χ0n) is 17.0. The SMILES string of the molecule is CCCc1c(Cc2ccc(O)cc2)cc(C(C)(C)C)cc1C(C)(C)C. The van der Waals surface area contributed by atoms with Crippen LogP contribution in [-0.2, 0) is 23.7 Å². The van der Waals surface area contributed by atoms with E-state index in [1.165, 1.54) is 27.8 Å². The Morgan fingerprint density at radius 3 is 1.92 bits per heavy atom. The largest absolute Gasteiger partial charge is 0.508 e. The van der Waals surface area contributed by atoms with Crippen LogP contribution >= 0.6 is 0 Å². The monoisotopic (exact) mass is 338 g/mol. The number of phenols is 1. The Bertz CT molecular complexity index is 709. The molecule has 0 heterocycles. The van der Waals surface area contributed by atoms with E-state index < -0.39 is 0 Å². The molecule has 2 aromatic carbocycles. The van der Waals surface area contributed by atoms with Gasteiger partial charge in [-0.05, 0) is 63.6 Å². The standard InChI is InChI=1S/C24H34O/c1-8-9-21-18(14-17-10-12-20(25)13-11-17)15-19(23(2,3)4)16-22(21)24(5,6)7/h10-13,15-16,25H,8-9,14H2,1-7H3. The van der Waals surface area contributed by atoms with Gasteiger partial charge in [0, 0.05) is 0 Å². The maximum Gasteiger partial charge on any atom is 0.115 e. The van der Waals surface area contributed by atoms with Gasteiger partial charge in [0.15, 0.2) is 0 Å². The molecule has 1 nitrogen and oxygen atoms in total. The molecule has 0 unspecified atom stereocenters. The van der Waals surface area contributed by atoms with E-state index in [1.807, 2.05) is 12.1 Å². The Labute approximate surface area is 154 Å². The van der Waals surface area contributed by atoms with Gasteiger partial charge in [-0.1, -0.05) is 79.2 Å².